The zero-order valence-electron chi connectivity index (χ0n) is 13.1. The first kappa shape index (κ1) is 13.6. The first-order valence-corrected chi connectivity index (χ1v) is 8.32. The number of benzene rings is 2. The van der Waals surface area contributed by atoms with Crippen molar-refractivity contribution in [2.24, 2.45) is 5.92 Å². The van der Waals surface area contributed by atoms with E-state index >= 15 is 0 Å². The van der Waals surface area contributed by atoms with Crippen molar-refractivity contribution in [1.82, 2.24) is 0 Å². The number of fused-ring (bicyclic) bond motifs is 1. The van der Waals surface area contributed by atoms with Gasteiger partial charge in [0.25, 0.3) is 0 Å². The third-order valence-corrected chi connectivity index (χ3v) is 5.20. The average Bonchev–Trinajstić information content (AvgIpc) is 3.23. The lowest BCUT2D eigenvalue weighted by molar-refractivity contribution is 0.415. The molecular weight excluding hydrogens is 268 g/mol. The molecule has 0 aromatic heterocycles. The van der Waals surface area contributed by atoms with Gasteiger partial charge in [-0.2, -0.15) is 0 Å². The number of hydrogen-bond acceptors (Lipinski definition) is 1. The van der Waals surface area contributed by atoms with Crippen LogP contribution in [0.1, 0.15) is 36.8 Å². The van der Waals surface area contributed by atoms with Gasteiger partial charge in [-0.25, -0.2) is 0 Å². The van der Waals surface area contributed by atoms with Crippen LogP contribution < -0.4 is 4.74 Å². The minimum atomic E-state index is 0.830. The molecule has 0 spiro atoms. The second-order valence-corrected chi connectivity index (χ2v) is 6.48. The van der Waals surface area contributed by atoms with Gasteiger partial charge in [-0.15, -0.1) is 0 Å². The maximum atomic E-state index is 5.27. The fraction of sp³-hybridized carbons (Fsp3) is 0.333. The molecule has 0 bridgehead atoms. The Hall–Kier alpha value is -2.02. The van der Waals surface area contributed by atoms with Gasteiger partial charge in [0.1, 0.15) is 5.75 Å². The normalized spacial score (nSPS) is 17.4. The summed E-state index contributed by atoms with van der Waals surface area (Å²) in [5, 5.41) is 0. The van der Waals surface area contributed by atoms with Gasteiger partial charge < -0.3 is 4.74 Å². The molecule has 2 aromatic rings. The lowest BCUT2D eigenvalue weighted by Crippen LogP contribution is -1.97. The smallest absolute Gasteiger partial charge is 0.118 e. The zero-order chi connectivity index (χ0) is 14.9. The lowest BCUT2D eigenvalue weighted by atomic mass is 9.96. The van der Waals surface area contributed by atoms with Gasteiger partial charge in [0.15, 0.2) is 0 Å². The molecule has 1 heteroatoms. The molecule has 1 saturated carbocycles. The molecule has 0 unspecified atom stereocenters. The quantitative estimate of drug-likeness (QED) is 0.726. The fourth-order valence-corrected chi connectivity index (χ4v) is 3.98. The van der Waals surface area contributed by atoms with Gasteiger partial charge in [-0.1, -0.05) is 54.8 Å². The first-order valence-electron chi connectivity index (χ1n) is 8.32. The van der Waals surface area contributed by atoms with E-state index in [9.17, 15) is 0 Å². The van der Waals surface area contributed by atoms with Gasteiger partial charge in [-0.05, 0) is 59.6 Å². The summed E-state index contributed by atoms with van der Waals surface area (Å²) in [5.41, 5.74) is 7.23. The summed E-state index contributed by atoms with van der Waals surface area (Å²) in [7, 11) is 1.71. The largest absolute Gasteiger partial charge is 0.497 e. The van der Waals surface area contributed by atoms with Gasteiger partial charge >= 0.3 is 0 Å². The Labute approximate surface area is 132 Å². The summed E-state index contributed by atoms with van der Waals surface area (Å²) in [5.74, 6) is 1.75. The number of methoxy groups -OCH3 is 1. The van der Waals surface area contributed by atoms with Crippen LogP contribution in [0.3, 0.4) is 0 Å². The third kappa shape index (κ3) is 2.35. The lowest BCUT2D eigenvalue weighted by Gasteiger charge is -2.09. The van der Waals surface area contributed by atoms with Crippen LogP contribution in [0.5, 0.6) is 5.75 Å². The summed E-state index contributed by atoms with van der Waals surface area (Å²) in [6.07, 6.45) is 9.22. The highest BCUT2D eigenvalue weighted by atomic mass is 16.5. The van der Waals surface area contributed by atoms with Crippen LogP contribution in [-0.2, 0) is 6.42 Å². The molecule has 0 amide bonds. The van der Waals surface area contributed by atoms with Crippen LogP contribution in [-0.4, -0.2) is 7.11 Å². The molecule has 1 nitrogen and oxygen atoms in total. The summed E-state index contributed by atoms with van der Waals surface area (Å²) >= 11 is 0. The van der Waals surface area contributed by atoms with E-state index in [-0.39, 0.29) is 0 Å². The summed E-state index contributed by atoms with van der Waals surface area (Å²) < 4.78 is 5.27. The predicted molar refractivity (Wildman–Crippen MR) is 92.1 cm³/mol. The van der Waals surface area contributed by atoms with E-state index in [1.165, 1.54) is 47.9 Å². The highest BCUT2D eigenvalue weighted by molar-refractivity contribution is 5.81. The standard InChI is InChI=1S/C21H22O/c1-22-19-11-9-16(10-12-19)20-8-4-7-17-13-18(14-21(17)20)15-5-2-3-6-15/h4,7-12,14-15H,2-3,5-6,13H2,1H3. The number of allylic oxidation sites excluding steroid dienone is 1. The van der Waals surface area contributed by atoms with Crippen LogP contribution in [0, 0.1) is 5.92 Å². The summed E-state index contributed by atoms with van der Waals surface area (Å²) in [6, 6.07) is 15.2. The second-order valence-electron chi connectivity index (χ2n) is 6.48. The van der Waals surface area contributed by atoms with Crippen LogP contribution in [0.15, 0.2) is 48.0 Å². The van der Waals surface area contributed by atoms with Crippen molar-refractivity contribution in [2.75, 3.05) is 7.11 Å². The fourth-order valence-electron chi connectivity index (χ4n) is 3.98. The molecule has 0 saturated heterocycles. The highest BCUT2D eigenvalue weighted by Crippen LogP contribution is 2.41. The molecule has 0 N–H and O–H groups in total. The van der Waals surface area contributed by atoms with E-state index < -0.39 is 0 Å². The molecule has 2 aliphatic carbocycles. The van der Waals surface area contributed by atoms with E-state index in [2.05, 4.69) is 36.4 Å². The number of hydrogen-bond donors (Lipinski definition) is 0. The number of ether oxygens (including phenoxy) is 1. The molecule has 0 heterocycles. The van der Waals surface area contributed by atoms with Gasteiger partial charge in [0.05, 0.1) is 7.11 Å². The third-order valence-electron chi connectivity index (χ3n) is 5.20. The van der Waals surface area contributed by atoms with Crippen molar-refractivity contribution in [3.8, 4) is 16.9 Å². The van der Waals surface area contributed by atoms with Gasteiger partial charge in [0.2, 0.25) is 0 Å². The van der Waals surface area contributed by atoms with E-state index in [0.29, 0.717) is 0 Å². The molecule has 2 aliphatic rings. The first-order chi connectivity index (χ1) is 10.8. The van der Waals surface area contributed by atoms with E-state index in [0.717, 1.165) is 18.1 Å². The molecule has 1 fully saturated rings. The molecule has 2 aromatic carbocycles. The Balaban J connectivity index is 1.71. The van der Waals surface area contributed by atoms with Crippen molar-refractivity contribution < 1.29 is 4.74 Å². The average molecular weight is 290 g/mol. The van der Waals surface area contributed by atoms with Gasteiger partial charge in [-0.3, -0.25) is 0 Å². The molecule has 22 heavy (non-hydrogen) atoms. The topological polar surface area (TPSA) is 9.23 Å². The highest BCUT2D eigenvalue weighted by Gasteiger charge is 2.24. The van der Waals surface area contributed by atoms with Crippen molar-refractivity contribution in [2.45, 2.75) is 32.1 Å². The van der Waals surface area contributed by atoms with Crippen molar-refractivity contribution >= 4 is 6.08 Å². The van der Waals surface area contributed by atoms with E-state index in [1.807, 2.05) is 12.1 Å². The second kappa shape index (κ2) is 5.64. The van der Waals surface area contributed by atoms with E-state index in [4.69, 9.17) is 4.74 Å². The Kier molecular flexibility index (Phi) is 3.49. The maximum Gasteiger partial charge on any atom is 0.118 e. The molecule has 0 radical (unpaired) electrons. The van der Waals surface area contributed by atoms with Gasteiger partial charge in [0, 0.05) is 0 Å². The van der Waals surface area contributed by atoms with Crippen LogP contribution in [0.2, 0.25) is 0 Å². The SMILES string of the molecule is COc1ccc(-c2cccc3c2C=C(C2CCCC2)C3)cc1. The summed E-state index contributed by atoms with van der Waals surface area (Å²) in [4.78, 5) is 0. The minimum absolute atomic E-state index is 0.830. The maximum absolute atomic E-state index is 5.27. The monoisotopic (exact) mass is 290 g/mol. The van der Waals surface area contributed by atoms with Crippen LogP contribution in [0.4, 0.5) is 0 Å². The number of rotatable bonds is 3. The van der Waals surface area contributed by atoms with E-state index in [1.54, 1.807) is 12.7 Å². The van der Waals surface area contributed by atoms with Crippen LogP contribution >= 0.6 is 0 Å². The Bertz CT molecular complexity index is 703. The molecule has 0 atom stereocenters. The van der Waals surface area contributed by atoms with Crippen molar-refractivity contribution in [3.05, 3.63) is 59.2 Å². The molecular formula is C21H22O. The Morgan fingerprint density at radius 2 is 1.73 bits per heavy atom. The predicted octanol–water partition coefficient (Wildman–Crippen LogP) is 5.49. The zero-order valence-corrected chi connectivity index (χ0v) is 13.1. The summed E-state index contributed by atoms with van der Waals surface area (Å²) in [6.45, 7) is 0. The van der Waals surface area contributed by atoms with Crippen LogP contribution in [0.25, 0.3) is 17.2 Å². The minimum Gasteiger partial charge on any atom is -0.497 e. The molecule has 4 rings (SSSR count). The molecule has 0 aliphatic heterocycles. The van der Waals surface area contributed by atoms with Crippen molar-refractivity contribution in [1.29, 1.82) is 0 Å². The molecule has 112 valence electrons. The Morgan fingerprint density at radius 1 is 0.955 bits per heavy atom. The Morgan fingerprint density at radius 3 is 2.45 bits per heavy atom. The van der Waals surface area contributed by atoms with Crippen molar-refractivity contribution in [3.63, 3.8) is 0 Å².